The summed E-state index contributed by atoms with van der Waals surface area (Å²) in [4.78, 5) is 12.3. The molecule has 0 atom stereocenters. The Bertz CT molecular complexity index is 998. The predicted octanol–water partition coefficient (Wildman–Crippen LogP) is 2.61. The molecular weight excluding hydrogens is 336 g/mol. The Hall–Kier alpha value is -2.41. The van der Waals surface area contributed by atoms with E-state index in [0.717, 1.165) is 35.2 Å². The molecule has 0 radical (unpaired) electrons. The summed E-state index contributed by atoms with van der Waals surface area (Å²) < 4.78 is 8.05. The summed E-state index contributed by atoms with van der Waals surface area (Å²) in [5.41, 5.74) is 4.59. The highest BCUT2D eigenvalue weighted by Gasteiger charge is 2.16. The molecule has 0 aliphatic heterocycles. The largest absolute Gasteiger partial charge is 0.464 e. The third kappa shape index (κ3) is 3.11. The molecule has 0 saturated heterocycles. The number of H-pyrrole nitrogens is 1. The molecule has 2 heterocycles. The molecule has 7 heteroatoms. The van der Waals surface area contributed by atoms with E-state index in [9.17, 15) is 4.79 Å². The lowest BCUT2D eigenvalue weighted by Gasteiger charge is -2.05. The fraction of sp³-hybridized carbons (Fsp3) is 0.389. The van der Waals surface area contributed by atoms with Gasteiger partial charge in [0.2, 0.25) is 5.91 Å². The summed E-state index contributed by atoms with van der Waals surface area (Å²) in [6.07, 6.45) is 6.11. The topological polar surface area (TPSA) is 75.8 Å². The van der Waals surface area contributed by atoms with Gasteiger partial charge in [-0.25, -0.2) is 0 Å². The highest BCUT2D eigenvalue weighted by molar-refractivity contribution is 7.71. The van der Waals surface area contributed by atoms with E-state index in [2.05, 4.69) is 27.6 Å². The number of aromatic nitrogens is 3. The summed E-state index contributed by atoms with van der Waals surface area (Å²) in [5, 5.41) is 10.9. The number of carbonyl (C=O) groups excluding carboxylic acids is 1. The van der Waals surface area contributed by atoms with Gasteiger partial charge in [0, 0.05) is 31.0 Å². The molecule has 0 bridgehead atoms. The van der Waals surface area contributed by atoms with E-state index in [1.165, 1.54) is 17.5 Å². The average Bonchev–Trinajstić information content (AvgIpc) is 3.28. The van der Waals surface area contributed by atoms with E-state index in [1.807, 2.05) is 11.6 Å². The van der Waals surface area contributed by atoms with Crippen LogP contribution in [0, 0.1) is 4.77 Å². The molecule has 2 N–H and O–H groups in total. The summed E-state index contributed by atoms with van der Waals surface area (Å²) in [5.74, 6) is 0.814. The molecule has 6 nitrogen and oxygen atoms in total. The molecule has 25 heavy (non-hydrogen) atoms. The molecule has 1 aliphatic carbocycles. The lowest BCUT2D eigenvalue weighted by Crippen LogP contribution is -2.27. The van der Waals surface area contributed by atoms with Crippen LogP contribution in [0.4, 0.5) is 0 Å². The number of aryl methyl sites for hydroxylation is 2. The number of furan rings is 1. The van der Waals surface area contributed by atoms with Crippen LogP contribution in [0.2, 0.25) is 0 Å². The van der Waals surface area contributed by atoms with Crippen molar-refractivity contribution in [1.82, 2.24) is 20.1 Å². The molecule has 130 valence electrons. The highest BCUT2D eigenvalue weighted by Crippen LogP contribution is 2.30. The Balaban J connectivity index is 1.40. The van der Waals surface area contributed by atoms with E-state index in [0.29, 0.717) is 24.2 Å². The maximum atomic E-state index is 12.3. The van der Waals surface area contributed by atoms with Crippen molar-refractivity contribution in [3.63, 3.8) is 0 Å². The van der Waals surface area contributed by atoms with Crippen LogP contribution in [0.25, 0.3) is 11.0 Å². The zero-order valence-electron chi connectivity index (χ0n) is 14.1. The molecule has 2 aromatic heterocycles. The van der Waals surface area contributed by atoms with Crippen LogP contribution < -0.4 is 5.32 Å². The number of nitrogens with one attached hydrogen (secondary N) is 2. The van der Waals surface area contributed by atoms with Crippen molar-refractivity contribution in [3.8, 4) is 0 Å². The quantitative estimate of drug-likeness (QED) is 0.689. The number of carbonyl (C=O) groups is 1. The molecule has 1 aromatic carbocycles. The van der Waals surface area contributed by atoms with Gasteiger partial charge in [0.25, 0.3) is 0 Å². The van der Waals surface area contributed by atoms with Crippen molar-refractivity contribution >= 4 is 29.1 Å². The second-order valence-electron chi connectivity index (χ2n) is 6.51. The van der Waals surface area contributed by atoms with Gasteiger partial charge in [0.05, 0.1) is 12.7 Å². The lowest BCUT2D eigenvalue weighted by atomic mass is 10.0. The van der Waals surface area contributed by atoms with Gasteiger partial charge in [0.15, 0.2) is 4.77 Å². The highest BCUT2D eigenvalue weighted by atomic mass is 32.1. The SMILES string of the molecule is Cn1c(CCNC(=O)Cc2coc3cc4c(cc23)CCC4)n[nH]c1=S. The molecule has 4 rings (SSSR count). The number of fused-ring (bicyclic) bond motifs is 2. The van der Waals surface area contributed by atoms with Crippen LogP contribution in [0.1, 0.15) is 28.9 Å². The zero-order chi connectivity index (χ0) is 17.4. The van der Waals surface area contributed by atoms with Crippen molar-refractivity contribution in [1.29, 1.82) is 0 Å². The van der Waals surface area contributed by atoms with E-state index >= 15 is 0 Å². The number of nitrogens with zero attached hydrogens (tertiary/aromatic N) is 2. The molecule has 0 fully saturated rings. The first-order chi connectivity index (χ1) is 12.1. The van der Waals surface area contributed by atoms with E-state index in [4.69, 9.17) is 16.6 Å². The summed E-state index contributed by atoms with van der Waals surface area (Å²) in [7, 11) is 1.86. The van der Waals surface area contributed by atoms with Crippen molar-refractivity contribution in [2.24, 2.45) is 7.05 Å². The van der Waals surface area contributed by atoms with E-state index in [-0.39, 0.29) is 5.91 Å². The molecule has 0 unspecified atom stereocenters. The minimum absolute atomic E-state index is 0.0139. The smallest absolute Gasteiger partial charge is 0.224 e. The van der Waals surface area contributed by atoms with E-state index < -0.39 is 0 Å². The van der Waals surface area contributed by atoms with Crippen molar-refractivity contribution in [2.45, 2.75) is 32.1 Å². The van der Waals surface area contributed by atoms with Crippen LogP contribution in [-0.2, 0) is 37.5 Å². The third-order valence-electron chi connectivity index (χ3n) is 4.86. The molecule has 3 aromatic rings. The second-order valence-corrected chi connectivity index (χ2v) is 6.90. The summed E-state index contributed by atoms with van der Waals surface area (Å²) in [6, 6.07) is 4.32. The Labute approximate surface area is 150 Å². The number of benzene rings is 1. The van der Waals surface area contributed by atoms with Gasteiger partial charge in [0.1, 0.15) is 11.4 Å². The fourth-order valence-corrected chi connectivity index (χ4v) is 3.59. The number of hydrogen-bond donors (Lipinski definition) is 2. The van der Waals surface area contributed by atoms with Crippen LogP contribution >= 0.6 is 12.2 Å². The number of aromatic amines is 1. The maximum Gasteiger partial charge on any atom is 0.224 e. The van der Waals surface area contributed by atoms with Gasteiger partial charge in [-0.1, -0.05) is 0 Å². The zero-order valence-corrected chi connectivity index (χ0v) is 14.9. The fourth-order valence-electron chi connectivity index (χ4n) is 3.44. The van der Waals surface area contributed by atoms with Gasteiger partial charge in [-0.3, -0.25) is 9.89 Å². The lowest BCUT2D eigenvalue weighted by molar-refractivity contribution is -0.120. The summed E-state index contributed by atoms with van der Waals surface area (Å²) >= 11 is 5.08. The van der Waals surface area contributed by atoms with Gasteiger partial charge >= 0.3 is 0 Å². The minimum atomic E-state index is -0.0139. The van der Waals surface area contributed by atoms with Crippen LogP contribution in [0.5, 0.6) is 0 Å². The van der Waals surface area contributed by atoms with Gasteiger partial charge in [-0.2, -0.15) is 5.10 Å². The number of hydrogen-bond acceptors (Lipinski definition) is 4. The maximum absolute atomic E-state index is 12.3. The predicted molar refractivity (Wildman–Crippen MR) is 97.0 cm³/mol. The first kappa shape index (κ1) is 16.1. The Morgan fingerprint density at radius 2 is 2.20 bits per heavy atom. The van der Waals surface area contributed by atoms with E-state index in [1.54, 1.807) is 6.26 Å². The van der Waals surface area contributed by atoms with Crippen molar-refractivity contribution in [2.75, 3.05) is 6.54 Å². The Morgan fingerprint density at radius 1 is 1.40 bits per heavy atom. The second kappa shape index (κ2) is 6.48. The summed E-state index contributed by atoms with van der Waals surface area (Å²) in [6.45, 7) is 0.525. The monoisotopic (exact) mass is 356 g/mol. The third-order valence-corrected chi connectivity index (χ3v) is 5.23. The molecule has 0 saturated carbocycles. The van der Waals surface area contributed by atoms with Gasteiger partial charge in [-0.05, 0) is 54.7 Å². The van der Waals surface area contributed by atoms with Crippen molar-refractivity contribution < 1.29 is 9.21 Å². The van der Waals surface area contributed by atoms with Gasteiger partial charge < -0.3 is 14.3 Å². The molecule has 0 spiro atoms. The molecule has 1 aliphatic rings. The Morgan fingerprint density at radius 3 is 2.96 bits per heavy atom. The van der Waals surface area contributed by atoms with Crippen LogP contribution in [-0.4, -0.2) is 27.2 Å². The number of amides is 1. The Kier molecular flexibility index (Phi) is 4.17. The number of rotatable bonds is 5. The first-order valence-electron chi connectivity index (χ1n) is 8.50. The first-order valence-corrected chi connectivity index (χ1v) is 8.91. The van der Waals surface area contributed by atoms with Gasteiger partial charge in [-0.15, -0.1) is 0 Å². The molecular formula is C18H20N4O2S. The minimum Gasteiger partial charge on any atom is -0.464 e. The van der Waals surface area contributed by atoms with Crippen LogP contribution in [0.3, 0.4) is 0 Å². The normalized spacial score (nSPS) is 13.3. The standard InChI is InChI=1S/C18H20N4O2S/c1-22-16(20-21-18(22)25)5-6-19-17(23)9-13-10-24-15-8-12-4-2-3-11(12)7-14(13)15/h7-8,10H,2-6,9H2,1H3,(H,19,23)(H,21,25). The molecule has 1 amide bonds. The van der Waals surface area contributed by atoms with Crippen molar-refractivity contribution in [3.05, 3.63) is 45.7 Å². The van der Waals surface area contributed by atoms with Crippen LogP contribution in [0.15, 0.2) is 22.8 Å². The average molecular weight is 356 g/mol.